The molecule has 0 fully saturated rings. The minimum Gasteiger partial charge on any atom is -0.293 e. The van der Waals surface area contributed by atoms with Gasteiger partial charge in [0.05, 0.1) is 11.3 Å². The minimum absolute atomic E-state index is 0.414. The van der Waals surface area contributed by atoms with Gasteiger partial charge in [0, 0.05) is 11.3 Å². The molecule has 0 aliphatic carbocycles. The van der Waals surface area contributed by atoms with Crippen LogP contribution in [0, 0.1) is 13.8 Å². The molecule has 0 bridgehead atoms. The van der Waals surface area contributed by atoms with E-state index in [-0.39, 0.29) is 0 Å². The smallest absolute Gasteiger partial charge is 0.293 e. The van der Waals surface area contributed by atoms with Crippen LogP contribution in [0.25, 0.3) is 0 Å². The monoisotopic (exact) mass is 236 g/mol. The van der Waals surface area contributed by atoms with E-state index in [1.165, 1.54) is 11.3 Å². The maximum absolute atomic E-state index is 11.9. The van der Waals surface area contributed by atoms with Gasteiger partial charge in [-0.3, -0.25) is 4.79 Å². The first-order valence-corrected chi connectivity index (χ1v) is 5.28. The van der Waals surface area contributed by atoms with E-state index in [4.69, 9.17) is 0 Å². The van der Waals surface area contributed by atoms with Gasteiger partial charge in [-0.05, 0) is 25.5 Å². The zero-order chi connectivity index (χ0) is 11.6. The van der Waals surface area contributed by atoms with Gasteiger partial charge in [-0.15, -0.1) is 11.3 Å². The molecule has 0 amide bonds. The third kappa shape index (κ3) is 3.66. The highest BCUT2D eigenvalue weighted by Crippen LogP contribution is 2.26. The lowest BCUT2D eigenvalue weighted by Gasteiger charge is -2.04. The summed E-state index contributed by atoms with van der Waals surface area (Å²) in [6, 6.07) is 1.81. The fraction of sp³-hybridized carbons (Fsp3) is 0.500. The highest BCUT2D eigenvalue weighted by Gasteiger charge is 2.28. The number of ketones is 1. The normalized spacial score (nSPS) is 11.8. The van der Waals surface area contributed by atoms with Crippen molar-refractivity contribution in [3.05, 3.63) is 21.4 Å². The number of hydrogen-bond acceptors (Lipinski definition) is 2. The summed E-state index contributed by atoms with van der Waals surface area (Å²) in [5.41, 5.74) is 0.768. The molecule has 1 nitrogen and oxygen atoms in total. The average molecular weight is 236 g/mol. The van der Waals surface area contributed by atoms with Crippen molar-refractivity contribution in [2.75, 3.05) is 0 Å². The molecule has 1 aromatic rings. The molecule has 15 heavy (non-hydrogen) atoms. The molecule has 1 heterocycles. The highest BCUT2D eigenvalue weighted by atomic mass is 32.1. The van der Waals surface area contributed by atoms with E-state index in [0.717, 1.165) is 10.4 Å². The summed E-state index contributed by atoms with van der Waals surface area (Å²) in [7, 11) is 0. The predicted octanol–water partition coefficient (Wildman–Crippen LogP) is 3.89. The van der Waals surface area contributed by atoms with E-state index >= 15 is 0 Å². The summed E-state index contributed by atoms with van der Waals surface area (Å²) < 4.78 is 35.7. The third-order valence-electron chi connectivity index (χ3n) is 1.93. The Labute approximate surface area is 89.9 Å². The van der Waals surface area contributed by atoms with Crippen LogP contribution in [0.1, 0.15) is 33.0 Å². The molecule has 84 valence electrons. The second-order valence-electron chi connectivity index (χ2n) is 3.41. The third-order valence-corrected chi connectivity index (χ3v) is 3.12. The number of alkyl halides is 3. The van der Waals surface area contributed by atoms with Crippen LogP contribution < -0.4 is 0 Å². The molecule has 0 unspecified atom stereocenters. The zero-order valence-corrected chi connectivity index (χ0v) is 9.26. The van der Waals surface area contributed by atoms with Crippen LogP contribution in [-0.4, -0.2) is 12.0 Å². The molecule has 5 heteroatoms. The van der Waals surface area contributed by atoms with Crippen molar-refractivity contribution in [1.29, 1.82) is 0 Å². The second kappa shape index (κ2) is 4.35. The van der Waals surface area contributed by atoms with Crippen LogP contribution in [0.2, 0.25) is 0 Å². The van der Waals surface area contributed by atoms with Gasteiger partial charge >= 0.3 is 6.18 Å². The van der Waals surface area contributed by atoms with Gasteiger partial charge in [-0.25, -0.2) is 0 Å². The standard InChI is InChI=1S/C10H11F3OS/c1-6-5-7(2)15-9(6)8(14)3-4-10(11,12)13/h5H,3-4H2,1-2H3. The van der Waals surface area contributed by atoms with E-state index in [1.54, 1.807) is 6.92 Å². The molecule has 1 aromatic heterocycles. The van der Waals surface area contributed by atoms with Crippen molar-refractivity contribution < 1.29 is 18.0 Å². The SMILES string of the molecule is Cc1cc(C)c(C(=O)CCC(F)(F)F)s1. The minimum atomic E-state index is -4.25. The molecular weight excluding hydrogens is 225 g/mol. The number of aryl methyl sites for hydroxylation is 2. The summed E-state index contributed by atoms with van der Waals surface area (Å²) in [6.07, 6.45) is -5.75. The summed E-state index contributed by atoms with van der Waals surface area (Å²) in [5, 5.41) is 0. The molecule has 0 saturated heterocycles. The molecular formula is C10H11F3OS. The Hall–Kier alpha value is -0.840. The van der Waals surface area contributed by atoms with Gasteiger partial charge in [0.2, 0.25) is 0 Å². The molecule has 0 N–H and O–H groups in total. The van der Waals surface area contributed by atoms with Crippen LogP contribution >= 0.6 is 11.3 Å². The van der Waals surface area contributed by atoms with Crippen molar-refractivity contribution in [1.82, 2.24) is 0 Å². The maximum atomic E-state index is 11.9. The lowest BCUT2D eigenvalue weighted by molar-refractivity contribution is -0.133. The molecule has 0 spiro atoms. The number of halogens is 3. The van der Waals surface area contributed by atoms with E-state index in [1.807, 2.05) is 13.0 Å². The predicted molar refractivity (Wildman–Crippen MR) is 53.4 cm³/mol. The summed E-state index contributed by atoms with van der Waals surface area (Å²) in [6.45, 7) is 3.57. The summed E-state index contributed by atoms with van der Waals surface area (Å²) >= 11 is 1.26. The lowest BCUT2D eigenvalue weighted by atomic mass is 10.1. The summed E-state index contributed by atoms with van der Waals surface area (Å²) in [5.74, 6) is -0.414. The van der Waals surface area contributed by atoms with Crippen molar-refractivity contribution in [2.45, 2.75) is 32.9 Å². The highest BCUT2D eigenvalue weighted by molar-refractivity contribution is 7.14. The van der Waals surface area contributed by atoms with Crippen molar-refractivity contribution in [2.24, 2.45) is 0 Å². The van der Waals surface area contributed by atoms with E-state index < -0.39 is 24.8 Å². The van der Waals surface area contributed by atoms with Crippen molar-refractivity contribution in [3.63, 3.8) is 0 Å². The van der Waals surface area contributed by atoms with Gasteiger partial charge < -0.3 is 0 Å². The van der Waals surface area contributed by atoms with E-state index in [0.29, 0.717) is 4.88 Å². The zero-order valence-electron chi connectivity index (χ0n) is 8.44. The lowest BCUT2D eigenvalue weighted by Crippen LogP contribution is -2.10. The Kier molecular flexibility index (Phi) is 3.54. The van der Waals surface area contributed by atoms with Gasteiger partial charge in [0.1, 0.15) is 0 Å². The second-order valence-corrected chi connectivity index (χ2v) is 4.66. The Morgan fingerprint density at radius 1 is 1.40 bits per heavy atom. The van der Waals surface area contributed by atoms with Gasteiger partial charge in [-0.2, -0.15) is 13.2 Å². The van der Waals surface area contributed by atoms with Crippen LogP contribution in [-0.2, 0) is 0 Å². The van der Waals surface area contributed by atoms with Crippen LogP contribution in [0.3, 0.4) is 0 Å². The van der Waals surface area contributed by atoms with Gasteiger partial charge in [-0.1, -0.05) is 0 Å². The van der Waals surface area contributed by atoms with Crippen molar-refractivity contribution in [3.8, 4) is 0 Å². The molecule has 0 aromatic carbocycles. The number of carbonyl (C=O) groups excluding carboxylic acids is 1. The van der Waals surface area contributed by atoms with Crippen LogP contribution in [0.5, 0.6) is 0 Å². The maximum Gasteiger partial charge on any atom is 0.389 e. The molecule has 0 aliphatic rings. The van der Waals surface area contributed by atoms with Gasteiger partial charge in [0.25, 0.3) is 0 Å². The number of rotatable bonds is 3. The van der Waals surface area contributed by atoms with E-state index in [9.17, 15) is 18.0 Å². The first kappa shape index (κ1) is 12.2. The van der Waals surface area contributed by atoms with Crippen LogP contribution in [0.4, 0.5) is 13.2 Å². The first-order valence-electron chi connectivity index (χ1n) is 4.46. The fourth-order valence-electron chi connectivity index (χ4n) is 1.29. The number of Topliss-reactive ketones (excluding diaryl/α,β-unsaturated/α-hetero) is 1. The average Bonchev–Trinajstić information content (AvgIpc) is 2.40. The number of thiophene rings is 1. The Balaban J connectivity index is 2.66. The number of carbonyl (C=O) groups is 1. The quantitative estimate of drug-likeness (QED) is 0.727. The van der Waals surface area contributed by atoms with Crippen molar-refractivity contribution >= 4 is 17.1 Å². The number of hydrogen-bond donors (Lipinski definition) is 0. The first-order chi connectivity index (χ1) is 6.79. The molecule has 0 radical (unpaired) electrons. The van der Waals surface area contributed by atoms with Gasteiger partial charge in [0.15, 0.2) is 5.78 Å². The Bertz CT molecular complexity index is 365. The van der Waals surface area contributed by atoms with E-state index in [2.05, 4.69) is 0 Å². The Morgan fingerprint density at radius 3 is 2.40 bits per heavy atom. The largest absolute Gasteiger partial charge is 0.389 e. The molecule has 0 aliphatic heterocycles. The molecule has 1 rings (SSSR count). The molecule has 0 atom stereocenters. The summed E-state index contributed by atoms with van der Waals surface area (Å²) in [4.78, 5) is 12.8. The molecule has 0 saturated carbocycles. The fourth-order valence-corrected chi connectivity index (χ4v) is 2.28. The Morgan fingerprint density at radius 2 is 2.00 bits per heavy atom. The van der Waals surface area contributed by atoms with Crippen LogP contribution in [0.15, 0.2) is 6.07 Å². The topological polar surface area (TPSA) is 17.1 Å².